The van der Waals surface area contributed by atoms with E-state index in [2.05, 4.69) is 11.5 Å². The van der Waals surface area contributed by atoms with Gasteiger partial charge in [-0.3, -0.25) is 0 Å². The van der Waals surface area contributed by atoms with E-state index in [0.29, 0.717) is 37.7 Å². The lowest BCUT2D eigenvalue weighted by Crippen LogP contribution is -2.10. The predicted octanol–water partition coefficient (Wildman–Crippen LogP) is 9.11. The van der Waals surface area contributed by atoms with Gasteiger partial charge in [0.15, 0.2) is 23.1 Å². The van der Waals surface area contributed by atoms with E-state index in [1.165, 1.54) is 12.1 Å². The molecule has 0 atom stereocenters. The monoisotopic (exact) mass is 670 g/mol. The summed E-state index contributed by atoms with van der Waals surface area (Å²) in [6.07, 6.45) is 5.57. The second-order valence-corrected chi connectivity index (χ2v) is 11.0. The van der Waals surface area contributed by atoms with Crippen LogP contribution < -0.4 is 20.5 Å². The fourth-order valence-corrected chi connectivity index (χ4v) is 5.57. The molecule has 4 aromatic carbocycles. The summed E-state index contributed by atoms with van der Waals surface area (Å²) in [5.74, 6) is 0.00157. The molecule has 262 valence electrons. The maximum absolute atomic E-state index is 14.4. The average molecular weight is 671 g/mol. The van der Waals surface area contributed by atoms with E-state index in [-0.39, 0.29) is 11.6 Å². The second kappa shape index (κ2) is 20.0. The summed E-state index contributed by atoms with van der Waals surface area (Å²) in [6, 6.07) is 26.1. The minimum Gasteiger partial charge on any atom is -0.485 e. The number of hydrogen-bond donors (Lipinski definition) is 2. The zero-order valence-corrected chi connectivity index (χ0v) is 30.0. The summed E-state index contributed by atoms with van der Waals surface area (Å²) in [7, 11) is 5.84. The van der Waals surface area contributed by atoms with Crippen LogP contribution in [-0.4, -0.2) is 29.3 Å². The van der Waals surface area contributed by atoms with E-state index in [4.69, 9.17) is 15.2 Å². The van der Waals surface area contributed by atoms with Gasteiger partial charge in [0.25, 0.3) is 0 Å². The zero-order valence-electron chi connectivity index (χ0n) is 30.0. The van der Waals surface area contributed by atoms with Crippen LogP contribution in [-0.2, 0) is 40.2 Å². The molecule has 49 heavy (non-hydrogen) atoms. The summed E-state index contributed by atoms with van der Waals surface area (Å²) in [6.45, 7) is 10.1. The van der Waals surface area contributed by atoms with Crippen molar-refractivity contribution in [2.75, 3.05) is 20.1 Å². The highest BCUT2D eigenvalue weighted by Crippen LogP contribution is 2.35. The van der Waals surface area contributed by atoms with Crippen LogP contribution in [0.4, 0.5) is 8.78 Å². The van der Waals surface area contributed by atoms with Gasteiger partial charge in [-0.2, -0.15) is 0 Å². The van der Waals surface area contributed by atoms with Crippen molar-refractivity contribution in [3.8, 4) is 11.5 Å². The van der Waals surface area contributed by atoms with Gasteiger partial charge in [0.2, 0.25) is 0 Å². The zero-order chi connectivity index (χ0) is 35.8. The Morgan fingerprint density at radius 3 is 1.41 bits per heavy atom. The van der Waals surface area contributed by atoms with Crippen LogP contribution in [0.15, 0.2) is 97.3 Å². The molecular weight excluding hydrogens is 618 g/mol. The largest absolute Gasteiger partial charge is 0.485 e. The Labute approximate surface area is 290 Å². The Hall–Kier alpha value is -4.66. The van der Waals surface area contributed by atoms with Crippen molar-refractivity contribution in [3.63, 3.8) is 0 Å². The topological polar surface area (TPSA) is 66.4 Å². The highest BCUT2D eigenvalue weighted by atomic mass is 19.1. The lowest BCUT2D eigenvalue weighted by Gasteiger charge is -2.11. The Morgan fingerprint density at radius 1 is 0.612 bits per heavy atom. The van der Waals surface area contributed by atoms with Crippen LogP contribution in [0.2, 0.25) is 0 Å². The van der Waals surface area contributed by atoms with Crippen molar-refractivity contribution in [2.24, 2.45) is 19.8 Å². The number of benzene rings is 4. The van der Waals surface area contributed by atoms with Gasteiger partial charge in [0.1, 0.15) is 13.2 Å². The molecule has 6 rings (SSSR count). The number of aromatic nitrogens is 2. The van der Waals surface area contributed by atoms with Gasteiger partial charge in [-0.05, 0) is 79.5 Å². The molecule has 0 radical (unpaired) electrons. The molecule has 0 saturated heterocycles. The molecule has 0 amide bonds. The molecule has 2 aromatic heterocycles. The number of ether oxygens (including phenoxy) is 2. The first kappa shape index (κ1) is 38.8. The van der Waals surface area contributed by atoms with E-state index in [1.54, 1.807) is 6.07 Å². The second-order valence-electron chi connectivity index (χ2n) is 11.0. The summed E-state index contributed by atoms with van der Waals surface area (Å²) in [5.41, 5.74) is 11.8. The fourth-order valence-electron chi connectivity index (χ4n) is 5.57. The van der Waals surface area contributed by atoms with Crippen LogP contribution in [0.3, 0.4) is 0 Å². The third-order valence-electron chi connectivity index (χ3n) is 7.79. The van der Waals surface area contributed by atoms with Crippen molar-refractivity contribution in [2.45, 2.75) is 53.8 Å². The number of rotatable bonds is 11. The first-order valence-electron chi connectivity index (χ1n) is 17.1. The fraction of sp³-hybridized carbons (Fsp3) is 0.317. The lowest BCUT2D eigenvalue weighted by molar-refractivity contribution is 0.294. The minimum atomic E-state index is -0.340. The smallest absolute Gasteiger partial charge is 0.165 e. The number of halogens is 2. The highest BCUT2D eigenvalue weighted by Gasteiger charge is 2.17. The van der Waals surface area contributed by atoms with Crippen molar-refractivity contribution < 1.29 is 18.3 Å². The van der Waals surface area contributed by atoms with Crippen LogP contribution in [0, 0.1) is 11.6 Å². The number of nitrogens with zero attached hydrogens (tertiary/aromatic N) is 2. The van der Waals surface area contributed by atoms with Crippen molar-refractivity contribution in [1.29, 1.82) is 0 Å². The molecule has 0 bridgehead atoms. The maximum Gasteiger partial charge on any atom is 0.165 e. The Morgan fingerprint density at radius 2 is 1.02 bits per heavy atom. The number of likely N-dealkylation sites (N-methyl/N-ethyl adjacent to an activating group) is 1. The quantitative estimate of drug-likeness (QED) is 0.144. The minimum absolute atomic E-state index is 0.311. The standard InChI is InChI=1S/C19H21FN2O.C18H19FN2O.2C2H6/c1-21-11-10-15-12-22(2)17-9-8-16(20)19(18(15)17)23-13-14-6-4-3-5-7-14;1-21-11-14(9-10-20)17-16(21)8-7-15(19)18(17)22-12-13-5-3-2-4-6-13;2*1-2/h3-9,12,21H,10-11,13H2,1-2H3;2-8,11H,9-10,12,20H2,1H3;2*1-2H3. The van der Waals surface area contributed by atoms with Gasteiger partial charge in [-0.15, -0.1) is 0 Å². The van der Waals surface area contributed by atoms with Crippen LogP contribution in [0.1, 0.15) is 49.9 Å². The molecule has 6 nitrogen and oxygen atoms in total. The summed E-state index contributed by atoms with van der Waals surface area (Å²) in [4.78, 5) is 0. The van der Waals surface area contributed by atoms with E-state index in [9.17, 15) is 8.78 Å². The molecular formula is C41H52F2N4O2. The van der Waals surface area contributed by atoms with Gasteiger partial charge in [-0.25, -0.2) is 8.78 Å². The molecule has 0 aliphatic carbocycles. The van der Waals surface area contributed by atoms with Crippen molar-refractivity contribution >= 4 is 21.8 Å². The number of nitrogens with one attached hydrogen (secondary N) is 1. The van der Waals surface area contributed by atoms with Gasteiger partial charge < -0.3 is 29.7 Å². The number of aryl methyl sites for hydroxylation is 2. The molecule has 3 N–H and O–H groups in total. The number of hydrogen-bond acceptors (Lipinski definition) is 4. The predicted molar refractivity (Wildman–Crippen MR) is 200 cm³/mol. The first-order valence-corrected chi connectivity index (χ1v) is 17.1. The highest BCUT2D eigenvalue weighted by molar-refractivity contribution is 5.91. The van der Waals surface area contributed by atoms with Crippen molar-refractivity contribution in [3.05, 3.63) is 131 Å². The third-order valence-corrected chi connectivity index (χ3v) is 7.79. The van der Waals surface area contributed by atoms with Gasteiger partial charge in [0.05, 0.1) is 11.0 Å². The molecule has 6 aromatic rings. The Kier molecular flexibility index (Phi) is 15.8. The molecule has 8 heteroatoms. The molecule has 0 fully saturated rings. The molecule has 2 heterocycles. The van der Waals surface area contributed by atoms with E-state index in [0.717, 1.165) is 57.0 Å². The summed E-state index contributed by atoms with van der Waals surface area (Å²) >= 11 is 0. The van der Waals surface area contributed by atoms with Gasteiger partial charge in [0, 0.05) is 37.3 Å². The van der Waals surface area contributed by atoms with E-state index >= 15 is 0 Å². The Balaban J connectivity index is 0.000000241. The van der Waals surface area contributed by atoms with Crippen molar-refractivity contribution in [1.82, 2.24) is 14.5 Å². The Bertz CT molecular complexity index is 1850. The van der Waals surface area contributed by atoms with Crippen LogP contribution >= 0.6 is 0 Å². The molecule has 0 aliphatic heterocycles. The average Bonchev–Trinajstić information content (AvgIpc) is 3.64. The maximum atomic E-state index is 14.4. The van der Waals surface area contributed by atoms with Gasteiger partial charge >= 0.3 is 0 Å². The molecule has 0 aliphatic rings. The number of nitrogens with two attached hydrogens (primary N) is 1. The third kappa shape index (κ3) is 9.94. The first-order chi connectivity index (χ1) is 23.9. The van der Waals surface area contributed by atoms with E-state index < -0.39 is 0 Å². The number of fused-ring (bicyclic) bond motifs is 2. The molecule has 0 unspecified atom stereocenters. The summed E-state index contributed by atoms with van der Waals surface area (Å²) in [5, 5.41) is 4.84. The van der Waals surface area contributed by atoms with Crippen LogP contribution in [0.25, 0.3) is 21.8 Å². The van der Waals surface area contributed by atoms with Gasteiger partial charge in [-0.1, -0.05) is 88.4 Å². The normalized spacial score (nSPS) is 10.4. The molecule has 0 spiro atoms. The molecule has 0 saturated carbocycles. The SMILES string of the molecule is CC.CC.CNCCc1cn(C)c2ccc(F)c(OCc3ccccc3)c12.Cn1cc(CCN)c2c(OCc3ccccc3)c(F)ccc21. The van der Waals surface area contributed by atoms with Crippen LogP contribution in [0.5, 0.6) is 11.5 Å². The lowest BCUT2D eigenvalue weighted by atomic mass is 10.1. The summed E-state index contributed by atoms with van der Waals surface area (Å²) < 4.78 is 44.3. The van der Waals surface area contributed by atoms with E-state index in [1.807, 2.05) is 131 Å².